The molecule has 1 N–H and O–H groups in total. The highest BCUT2D eigenvalue weighted by Crippen LogP contribution is 2.31. The molecule has 0 aromatic heterocycles. The number of ether oxygens (including phenoxy) is 2. The van der Waals surface area contributed by atoms with Crippen LogP contribution >= 0.6 is 0 Å². The van der Waals surface area contributed by atoms with Crippen molar-refractivity contribution in [3.05, 3.63) is 23.8 Å². The summed E-state index contributed by atoms with van der Waals surface area (Å²) in [5, 5.41) is 8.74. The number of aliphatic carboxylic acids is 1. The molecule has 1 aliphatic rings. The summed E-state index contributed by atoms with van der Waals surface area (Å²) < 4.78 is 11.0. The first-order chi connectivity index (χ1) is 10.0. The van der Waals surface area contributed by atoms with Gasteiger partial charge < -0.3 is 19.5 Å². The predicted molar refractivity (Wildman–Crippen MR) is 75.6 cm³/mol. The van der Waals surface area contributed by atoms with Crippen LogP contribution in [-0.4, -0.2) is 48.7 Å². The maximum absolute atomic E-state index is 12.2. The third kappa shape index (κ3) is 3.65. The number of hydrogen-bond acceptors (Lipinski definition) is 4. The highest BCUT2D eigenvalue weighted by Gasteiger charge is 2.29. The van der Waals surface area contributed by atoms with Crippen LogP contribution in [0.4, 0.5) is 0 Å². The zero-order valence-corrected chi connectivity index (χ0v) is 12.2. The summed E-state index contributed by atoms with van der Waals surface area (Å²) in [6, 6.07) is 5.54. The molecule has 6 heteroatoms. The molecule has 21 heavy (non-hydrogen) atoms. The molecule has 0 fully saturated rings. The van der Waals surface area contributed by atoms with Gasteiger partial charge in [-0.2, -0.15) is 0 Å². The Morgan fingerprint density at radius 2 is 2.24 bits per heavy atom. The summed E-state index contributed by atoms with van der Waals surface area (Å²) in [6.07, 6.45) is 0.527. The topological polar surface area (TPSA) is 76.1 Å². The fourth-order valence-corrected chi connectivity index (χ4v) is 2.38. The fourth-order valence-electron chi connectivity index (χ4n) is 2.38. The van der Waals surface area contributed by atoms with Gasteiger partial charge in [0.05, 0.1) is 12.5 Å². The number of rotatable bonds is 5. The van der Waals surface area contributed by atoms with E-state index < -0.39 is 5.97 Å². The lowest BCUT2D eigenvalue weighted by molar-refractivity contribution is -0.145. The van der Waals surface area contributed by atoms with Gasteiger partial charge >= 0.3 is 5.97 Å². The molecule has 1 aromatic rings. The summed E-state index contributed by atoms with van der Waals surface area (Å²) in [5.41, 5.74) is 0.911. The van der Waals surface area contributed by atoms with Crippen LogP contribution < -0.4 is 9.47 Å². The van der Waals surface area contributed by atoms with Crippen molar-refractivity contribution in [2.24, 2.45) is 5.92 Å². The SMILES string of the molecule is CCOc1ccc2c(c1)C[C@@H](C(=O)N(C)CC(=O)O)CO2. The molecule has 0 spiro atoms. The first kappa shape index (κ1) is 15.2. The van der Waals surface area contributed by atoms with E-state index in [-0.39, 0.29) is 25.0 Å². The van der Waals surface area contributed by atoms with Crippen molar-refractivity contribution in [2.75, 3.05) is 26.8 Å². The minimum absolute atomic E-state index is 0.218. The quantitative estimate of drug-likeness (QED) is 0.882. The van der Waals surface area contributed by atoms with E-state index in [1.165, 1.54) is 11.9 Å². The molecule has 1 aromatic carbocycles. The number of carboxylic acids is 1. The van der Waals surface area contributed by atoms with Crippen molar-refractivity contribution >= 4 is 11.9 Å². The molecule has 2 rings (SSSR count). The second-order valence-electron chi connectivity index (χ2n) is 5.00. The first-order valence-corrected chi connectivity index (χ1v) is 6.86. The highest BCUT2D eigenvalue weighted by atomic mass is 16.5. The van der Waals surface area contributed by atoms with Crippen molar-refractivity contribution in [1.29, 1.82) is 0 Å². The second kappa shape index (κ2) is 6.47. The number of hydrogen-bond donors (Lipinski definition) is 1. The molecule has 0 saturated heterocycles. The Bertz CT molecular complexity index is 543. The van der Waals surface area contributed by atoms with Crippen LogP contribution in [0.1, 0.15) is 12.5 Å². The van der Waals surface area contributed by atoms with E-state index in [0.717, 1.165) is 17.1 Å². The van der Waals surface area contributed by atoms with E-state index in [4.69, 9.17) is 14.6 Å². The number of carbonyl (C=O) groups excluding carboxylic acids is 1. The number of likely N-dealkylation sites (N-methyl/N-ethyl adjacent to an activating group) is 1. The summed E-state index contributed by atoms with van der Waals surface area (Å²) >= 11 is 0. The molecule has 1 amide bonds. The zero-order valence-electron chi connectivity index (χ0n) is 12.2. The zero-order chi connectivity index (χ0) is 15.4. The molecule has 0 radical (unpaired) electrons. The van der Waals surface area contributed by atoms with E-state index in [1.54, 1.807) is 0 Å². The monoisotopic (exact) mass is 293 g/mol. The first-order valence-electron chi connectivity index (χ1n) is 6.86. The maximum atomic E-state index is 12.2. The van der Waals surface area contributed by atoms with Crippen LogP contribution in [0.15, 0.2) is 18.2 Å². The largest absolute Gasteiger partial charge is 0.494 e. The number of benzene rings is 1. The molecular weight excluding hydrogens is 274 g/mol. The van der Waals surface area contributed by atoms with Gasteiger partial charge in [0.25, 0.3) is 0 Å². The van der Waals surface area contributed by atoms with Crippen molar-refractivity contribution in [2.45, 2.75) is 13.3 Å². The lowest BCUT2D eigenvalue weighted by Gasteiger charge is -2.27. The smallest absolute Gasteiger partial charge is 0.323 e. The van der Waals surface area contributed by atoms with Crippen LogP contribution in [0.5, 0.6) is 11.5 Å². The average molecular weight is 293 g/mol. The van der Waals surface area contributed by atoms with E-state index >= 15 is 0 Å². The second-order valence-corrected chi connectivity index (χ2v) is 5.00. The summed E-state index contributed by atoms with van der Waals surface area (Å²) in [7, 11) is 1.49. The Balaban J connectivity index is 2.08. The Morgan fingerprint density at radius 3 is 2.90 bits per heavy atom. The molecule has 1 atom stereocenters. The number of amides is 1. The maximum Gasteiger partial charge on any atom is 0.323 e. The van der Waals surface area contributed by atoms with Gasteiger partial charge in [0.1, 0.15) is 24.7 Å². The van der Waals surface area contributed by atoms with E-state index in [9.17, 15) is 9.59 Å². The summed E-state index contributed by atoms with van der Waals surface area (Å²) in [5.74, 6) is -0.111. The van der Waals surface area contributed by atoms with Gasteiger partial charge in [-0.05, 0) is 37.1 Å². The molecule has 0 bridgehead atoms. The lowest BCUT2D eigenvalue weighted by atomic mass is 9.95. The summed E-state index contributed by atoms with van der Waals surface area (Å²) in [6.45, 7) is 2.44. The Morgan fingerprint density at radius 1 is 1.48 bits per heavy atom. The van der Waals surface area contributed by atoms with Gasteiger partial charge in [-0.25, -0.2) is 0 Å². The van der Waals surface area contributed by atoms with Crippen LogP contribution in [0, 0.1) is 5.92 Å². The molecule has 0 saturated carbocycles. The van der Waals surface area contributed by atoms with Gasteiger partial charge in [-0.15, -0.1) is 0 Å². The van der Waals surface area contributed by atoms with E-state index in [1.807, 2.05) is 25.1 Å². The van der Waals surface area contributed by atoms with Crippen LogP contribution in [0.25, 0.3) is 0 Å². The van der Waals surface area contributed by atoms with E-state index in [0.29, 0.717) is 13.0 Å². The predicted octanol–water partition coefficient (Wildman–Crippen LogP) is 1.18. The number of carbonyl (C=O) groups is 2. The molecular formula is C15H19NO5. The molecule has 0 aliphatic carbocycles. The van der Waals surface area contributed by atoms with Crippen molar-refractivity contribution in [3.63, 3.8) is 0 Å². The molecule has 1 aliphatic heterocycles. The Hall–Kier alpha value is -2.24. The van der Waals surface area contributed by atoms with E-state index in [2.05, 4.69) is 0 Å². The molecule has 6 nitrogen and oxygen atoms in total. The fraction of sp³-hybridized carbons (Fsp3) is 0.467. The van der Waals surface area contributed by atoms with Gasteiger partial charge in [-0.1, -0.05) is 0 Å². The van der Waals surface area contributed by atoms with Crippen LogP contribution in [0.3, 0.4) is 0 Å². The summed E-state index contributed by atoms with van der Waals surface area (Å²) in [4.78, 5) is 24.1. The molecule has 1 heterocycles. The van der Waals surface area contributed by atoms with Gasteiger partial charge in [0.2, 0.25) is 5.91 Å². The minimum Gasteiger partial charge on any atom is -0.494 e. The number of fused-ring (bicyclic) bond motifs is 1. The van der Waals surface area contributed by atoms with Crippen LogP contribution in [-0.2, 0) is 16.0 Å². The molecule has 114 valence electrons. The van der Waals surface area contributed by atoms with Crippen molar-refractivity contribution < 1.29 is 24.2 Å². The Kier molecular flexibility index (Phi) is 4.67. The normalized spacial score (nSPS) is 16.6. The van der Waals surface area contributed by atoms with Crippen molar-refractivity contribution in [1.82, 2.24) is 4.90 Å². The number of nitrogens with zero attached hydrogens (tertiary/aromatic N) is 1. The lowest BCUT2D eigenvalue weighted by Crippen LogP contribution is -2.40. The van der Waals surface area contributed by atoms with Crippen LogP contribution in [0.2, 0.25) is 0 Å². The van der Waals surface area contributed by atoms with Crippen molar-refractivity contribution in [3.8, 4) is 11.5 Å². The standard InChI is InChI=1S/C15H19NO5/c1-3-20-12-4-5-13-10(7-12)6-11(9-21-13)15(19)16(2)8-14(17)18/h4-5,7,11H,3,6,8-9H2,1-2H3,(H,17,18)/t11-/m1/s1. The van der Waals surface area contributed by atoms with Gasteiger partial charge in [0, 0.05) is 7.05 Å². The molecule has 0 unspecified atom stereocenters. The third-order valence-corrected chi connectivity index (χ3v) is 3.35. The third-order valence-electron chi connectivity index (χ3n) is 3.35. The Labute approximate surface area is 123 Å². The number of carboxylic acid groups (broad SMARTS) is 1. The van der Waals surface area contributed by atoms with Gasteiger partial charge in [0.15, 0.2) is 0 Å². The van der Waals surface area contributed by atoms with Gasteiger partial charge in [-0.3, -0.25) is 9.59 Å². The highest BCUT2D eigenvalue weighted by molar-refractivity contribution is 5.83. The minimum atomic E-state index is -1.03. The average Bonchev–Trinajstić information content (AvgIpc) is 2.45.